The Labute approximate surface area is 156 Å². The lowest BCUT2D eigenvalue weighted by molar-refractivity contribution is -0.149. The van der Waals surface area contributed by atoms with Crippen LogP contribution in [0.15, 0.2) is 4.99 Å². The summed E-state index contributed by atoms with van der Waals surface area (Å²) in [6.45, 7) is 9.32. The molecule has 0 unspecified atom stereocenters. The van der Waals surface area contributed by atoms with E-state index in [1.54, 1.807) is 0 Å². The summed E-state index contributed by atoms with van der Waals surface area (Å²) in [4.78, 5) is 18.3. The van der Waals surface area contributed by atoms with E-state index in [9.17, 15) is 4.79 Å². The smallest absolute Gasteiger partial charge is 0.309 e. The Bertz CT molecular complexity index is 370. The molecule has 5 nitrogen and oxygen atoms in total. The Morgan fingerprint density at radius 3 is 2.45 bits per heavy atom. The minimum absolute atomic E-state index is 0. The maximum Gasteiger partial charge on any atom is 0.309 e. The minimum Gasteiger partial charge on any atom is -0.466 e. The number of nitrogens with zero attached hydrogens (tertiary/aromatic N) is 2. The first-order chi connectivity index (χ1) is 9.93. The Balaban J connectivity index is 0.00000441. The first-order valence-electron chi connectivity index (χ1n) is 7.61. The lowest BCUT2D eigenvalue weighted by Gasteiger charge is -2.34. The van der Waals surface area contributed by atoms with E-state index in [0.717, 1.165) is 38.4 Å². The average Bonchev–Trinajstić information content (AvgIpc) is 2.48. The van der Waals surface area contributed by atoms with Gasteiger partial charge in [-0.1, -0.05) is 0 Å². The first-order valence-corrected chi connectivity index (χ1v) is 8.83. The number of guanidine groups is 1. The second kappa shape index (κ2) is 10.6. The van der Waals surface area contributed by atoms with Crippen molar-refractivity contribution in [1.82, 2.24) is 10.2 Å². The number of rotatable bonds is 5. The maximum absolute atomic E-state index is 11.8. The molecule has 0 aromatic heterocycles. The van der Waals surface area contributed by atoms with Gasteiger partial charge in [-0.15, -0.1) is 24.0 Å². The van der Waals surface area contributed by atoms with Crippen LogP contribution in [0.2, 0.25) is 0 Å². The Morgan fingerprint density at radius 2 is 2.00 bits per heavy atom. The van der Waals surface area contributed by atoms with Crippen molar-refractivity contribution < 1.29 is 9.53 Å². The van der Waals surface area contributed by atoms with E-state index in [0.29, 0.717) is 6.61 Å². The number of ether oxygens (including phenoxy) is 1. The van der Waals surface area contributed by atoms with Gasteiger partial charge in [0.1, 0.15) is 0 Å². The number of hydrogen-bond acceptors (Lipinski definition) is 4. The molecule has 1 aliphatic rings. The summed E-state index contributed by atoms with van der Waals surface area (Å²) in [5, 5.41) is 3.44. The molecular weight excluding hydrogens is 413 g/mol. The van der Waals surface area contributed by atoms with Crippen molar-refractivity contribution >= 4 is 47.7 Å². The largest absolute Gasteiger partial charge is 0.466 e. The lowest BCUT2D eigenvalue weighted by Crippen LogP contribution is -2.49. The van der Waals surface area contributed by atoms with Gasteiger partial charge in [-0.25, -0.2) is 0 Å². The summed E-state index contributed by atoms with van der Waals surface area (Å²) < 4.78 is 5.28. The number of carbonyl (C=O) groups is 1. The number of hydrogen-bond donors (Lipinski definition) is 1. The predicted molar refractivity (Wildman–Crippen MR) is 105 cm³/mol. The topological polar surface area (TPSA) is 53.9 Å². The summed E-state index contributed by atoms with van der Waals surface area (Å²) in [5.74, 6) is 0.921. The van der Waals surface area contributed by atoms with Crippen LogP contribution in [0, 0.1) is 5.92 Å². The lowest BCUT2D eigenvalue weighted by atomic mass is 9.97. The van der Waals surface area contributed by atoms with Gasteiger partial charge in [0.05, 0.1) is 12.5 Å². The van der Waals surface area contributed by atoms with Crippen molar-refractivity contribution in [3.8, 4) is 0 Å². The van der Waals surface area contributed by atoms with E-state index in [4.69, 9.17) is 4.74 Å². The number of thioether (sulfide) groups is 1. The number of aliphatic imine (C=N–C) groups is 1. The third-order valence-corrected chi connectivity index (χ3v) is 5.10. The molecule has 22 heavy (non-hydrogen) atoms. The predicted octanol–water partition coefficient (Wildman–Crippen LogP) is 2.60. The molecule has 0 radical (unpaired) electrons. The Kier molecular flexibility index (Phi) is 10.5. The summed E-state index contributed by atoms with van der Waals surface area (Å²) in [6.07, 6.45) is 3.80. The van der Waals surface area contributed by atoms with E-state index in [-0.39, 0.29) is 40.6 Å². The highest BCUT2D eigenvalue weighted by molar-refractivity contribution is 14.0. The van der Waals surface area contributed by atoms with Crippen molar-refractivity contribution in [1.29, 1.82) is 0 Å². The van der Waals surface area contributed by atoms with Gasteiger partial charge in [-0.05, 0) is 39.9 Å². The monoisotopic (exact) mass is 443 g/mol. The fourth-order valence-corrected chi connectivity index (χ4v) is 2.50. The molecule has 0 saturated carbocycles. The molecule has 0 bridgehead atoms. The van der Waals surface area contributed by atoms with Crippen molar-refractivity contribution in [2.24, 2.45) is 10.9 Å². The molecule has 130 valence electrons. The molecule has 1 saturated heterocycles. The number of piperidine rings is 1. The van der Waals surface area contributed by atoms with Crippen LogP contribution in [0.1, 0.15) is 33.6 Å². The zero-order valence-electron chi connectivity index (χ0n) is 14.3. The molecule has 0 aromatic rings. The zero-order valence-corrected chi connectivity index (χ0v) is 17.5. The van der Waals surface area contributed by atoms with E-state index in [2.05, 4.69) is 35.3 Å². The highest BCUT2D eigenvalue weighted by Gasteiger charge is 2.27. The Morgan fingerprint density at radius 1 is 1.41 bits per heavy atom. The molecule has 1 heterocycles. The summed E-state index contributed by atoms with van der Waals surface area (Å²) in [7, 11) is 1.81. The molecule has 0 amide bonds. The Hall–Kier alpha value is -0.180. The molecule has 1 aliphatic heterocycles. The van der Waals surface area contributed by atoms with Gasteiger partial charge in [0.25, 0.3) is 0 Å². The number of likely N-dealkylation sites (tertiary alicyclic amines) is 1. The summed E-state index contributed by atoms with van der Waals surface area (Å²) >= 11 is 1.84. The van der Waals surface area contributed by atoms with Crippen LogP contribution >= 0.6 is 35.7 Å². The van der Waals surface area contributed by atoms with Crippen LogP contribution in [-0.4, -0.2) is 61.1 Å². The second-order valence-electron chi connectivity index (χ2n) is 5.88. The fourth-order valence-electron chi connectivity index (χ4n) is 2.28. The molecule has 1 rings (SSSR count). The van der Waals surface area contributed by atoms with Crippen LogP contribution in [0.4, 0.5) is 0 Å². The van der Waals surface area contributed by atoms with E-state index < -0.39 is 0 Å². The van der Waals surface area contributed by atoms with Gasteiger partial charge in [0.15, 0.2) is 5.96 Å². The van der Waals surface area contributed by atoms with E-state index in [1.165, 1.54) is 0 Å². The van der Waals surface area contributed by atoms with Crippen LogP contribution in [-0.2, 0) is 9.53 Å². The van der Waals surface area contributed by atoms with Gasteiger partial charge < -0.3 is 15.0 Å². The molecule has 0 atom stereocenters. The van der Waals surface area contributed by atoms with E-state index >= 15 is 0 Å². The number of halogens is 1. The number of carbonyl (C=O) groups excluding carboxylic acids is 1. The highest BCUT2D eigenvalue weighted by Crippen LogP contribution is 2.21. The quantitative estimate of drug-likeness (QED) is 0.307. The van der Waals surface area contributed by atoms with Crippen LogP contribution in [0.5, 0.6) is 0 Å². The summed E-state index contributed by atoms with van der Waals surface area (Å²) in [6, 6.07) is 0. The third-order valence-electron chi connectivity index (χ3n) is 3.85. The normalized spacial score (nSPS) is 17.0. The van der Waals surface area contributed by atoms with Gasteiger partial charge in [0.2, 0.25) is 0 Å². The summed E-state index contributed by atoms with van der Waals surface area (Å²) in [5.41, 5.74) is 0. The number of esters is 1. The molecule has 0 aromatic carbocycles. The highest BCUT2D eigenvalue weighted by atomic mass is 127. The maximum atomic E-state index is 11.8. The molecule has 0 aliphatic carbocycles. The molecular formula is C15H30IN3O2S. The molecule has 7 heteroatoms. The van der Waals surface area contributed by atoms with Crippen molar-refractivity contribution in [3.63, 3.8) is 0 Å². The number of nitrogens with one attached hydrogen (secondary N) is 1. The van der Waals surface area contributed by atoms with Crippen LogP contribution in [0.3, 0.4) is 0 Å². The van der Waals surface area contributed by atoms with Gasteiger partial charge in [-0.3, -0.25) is 9.79 Å². The first kappa shape index (κ1) is 21.8. The van der Waals surface area contributed by atoms with Crippen molar-refractivity contribution in [3.05, 3.63) is 0 Å². The minimum atomic E-state index is -0.0522. The molecule has 1 N–H and O–H groups in total. The zero-order chi connectivity index (χ0) is 15.9. The van der Waals surface area contributed by atoms with Gasteiger partial charge in [-0.2, -0.15) is 11.8 Å². The molecule has 0 spiro atoms. The van der Waals surface area contributed by atoms with Gasteiger partial charge >= 0.3 is 5.97 Å². The van der Waals surface area contributed by atoms with E-state index in [1.807, 2.05) is 25.7 Å². The average molecular weight is 443 g/mol. The fraction of sp³-hybridized carbons (Fsp3) is 0.867. The third kappa shape index (κ3) is 6.93. The SMILES string of the molecule is CCOC(=O)C1CCN(C(=NC)NCC(C)(C)SC)CC1.I. The van der Waals surface area contributed by atoms with Gasteiger partial charge in [0, 0.05) is 31.4 Å². The van der Waals surface area contributed by atoms with Crippen molar-refractivity contribution in [2.45, 2.75) is 38.4 Å². The van der Waals surface area contributed by atoms with Crippen LogP contribution in [0.25, 0.3) is 0 Å². The standard InChI is InChI=1S/C15H29N3O2S.HI/c1-6-20-13(19)12-7-9-18(10-8-12)14(16-4)17-11-15(2,3)21-5;/h12H,6-11H2,1-5H3,(H,16,17);1H. The molecule has 1 fully saturated rings. The van der Waals surface area contributed by atoms with Crippen molar-refractivity contribution in [2.75, 3.05) is 39.5 Å². The van der Waals surface area contributed by atoms with Crippen LogP contribution < -0.4 is 5.32 Å². The second-order valence-corrected chi connectivity index (χ2v) is 7.39.